The van der Waals surface area contributed by atoms with Crippen molar-refractivity contribution in [1.82, 2.24) is 15.1 Å². The molecule has 1 atom stereocenters. The molecule has 1 heterocycles. The number of thioether (sulfide) groups is 1. The van der Waals surface area contributed by atoms with Crippen LogP contribution in [0.1, 0.15) is 18.3 Å². The lowest BCUT2D eigenvalue weighted by molar-refractivity contribution is 0.581. The molecule has 5 heteroatoms. The van der Waals surface area contributed by atoms with Gasteiger partial charge in [0.1, 0.15) is 0 Å². The zero-order valence-corrected chi connectivity index (χ0v) is 12.0. The maximum absolute atomic E-state index is 6.31. The molecule has 0 saturated heterocycles. The minimum Gasteiger partial charge on any atom is -0.316 e. The number of hydrogen-bond donors (Lipinski definition) is 1. The smallest absolute Gasteiger partial charge is 0.0850 e. The lowest BCUT2D eigenvalue weighted by atomic mass is 10.1. The molecule has 92 valence electrons. The van der Waals surface area contributed by atoms with Crippen molar-refractivity contribution in [2.24, 2.45) is 7.05 Å². The summed E-state index contributed by atoms with van der Waals surface area (Å²) < 4.78 is 1.91. The second-order valence-corrected chi connectivity index (χ2v) is 5.12. The van der Waals surface area contributed by atoms with Crippen LogP contribution in [0.4, 0.5) is 0 Å². The van der Waals surface area contributed by atoms with Crippen molar-refractivity contribution in [3.63, 3.8) is 0 Å². The summed E-state index contributed by atoms with van der Waals surface area (Å²) >= 11 is 8.16. The molecule has 0 aliphatic heterocycles. The van der Waals surface area contributed by atoms with Crippen LogP contribution in [0, 0.1) is 0 Å². The number of halogens is 1. The van der Waals surface area contributed by atoms with Gasteiger partial charge in [0.25, 0.3) is 0 Å². The van der Waals surface area contributed by atoms with E-state index in [0.29, 0.717) is 6.04 Å². The van der Waals surface area contributed by atoms with Gasteiger partial charge in [-0.15, -0.1) is 0 Å². The van der Waals surface area contributed by atoms with E-state index < -0.39 is 0 Å². The first kappa shape index (κ1) is 13.9. The summed E-state index contributed by atoms with van der Waals surface area (Å²) in [5.41, 5.74) is 2.13. The van der Waals surface area contributed by atoms with Gasteiger partial charge >= 0.3 is 0 Å². The van der Waals surface area contributed by atoms with Crippen molar-refractivity contribution in [1.29, 1.82) is 0 Å². The van der Waals surface area contributed by atoms with E-state index in [1.54, 1.807) is 0 Å². The number of likely N-dealkylation sites (N-methyl/N-ethyl adjacent to an activating group) is 1. The van der Waals surface area contributed by atoms with Crippen molar-refractivity contribution in [2.45, 2.75) is 25.8 Å². The van der Waals surface area contributed by atoms with E-state index in [9.17, 15) is 0 Å². The van der Waals surface area contributed by atoms with E-state index >= 15 is 0 Å². The number of hydrogen-bond acceptors (Lipinski definition) is 3. The summed E-state index contributed by atoms with van der Waals surface area (Å²) in [5.74, 6) is 1.08. The predicted molar refractivity (Wildman–Crippen MR) is 72.5 cm³/mol. The first-order valence-corrected chi connectivity index (χ1v) is 7.27. The maximum Gasteiger partial charge on any atom is 0.0850 e. The molecule has 0 fully saturated rings. The van der Waals surface area contributed by atoms with Gasteiger partial charge in [-0.2, -0.15) is 16.9 Å². The summed E-state index contributed by atoms with van der Waals surface area (Å²) in [4.78, 5) is 0. The van der Waals surface area contributed by atoms with Crippen molar-refractivity contribution in [2.75, 3.05) is 19.1 Å². The molecule has 16 heavy (non-hydrogen) atoms. The van der Waals surface area contributed by atoms with Crippen LogP contribution < -0.4 is 5.32 Å². The fourth-order valence-corrected chi connectivity index (χ4v) is 2.78. The Morgan fingerprint density at radius 3 is 2.69 bits per heavy atom. The topological polar surface area (TPSA) is 29.9 Å². The summed E-state index contributed by atoms with van der Waals surface area (Å²) in [6.07, 6.45) is 3.94. The van der Waals surface area contributed by atoms with E-state index in [-0.39, 0.29) is 0 Å². The minimum absolute atomic E-state index is 0.451. The standard InChI is InChI=1S/C11H20ClN3S/c1-5-9-11(12)10(15(3)14-9)6-8(13-2)7-16-4/h8,13H,5-7H2,1-4H3. The van der Waals surface area contributed by atoms with E-state index in [4.69, 9.17) is 11.6 Å². The van der Waals surface area contributed by atoms with Crippen LogP contribution in [0.25, 0.3) is 0 Å². The van der Waals surface area contributed by atoms with Gasteiger partial charge in [0.05, 0.1) is 16.4 Å². The third-order valence-corrected chi connectivity index (χ3v) is 3.89. The number of nitrogens with one attached hydrogen (secondary N) is 1. The van der Waals surface area contributed by atoms with Gasteiger partial charge in [-0.05, 0) is 19.7 Å². The van der Waals surface area contributed by atoms with Crippen LogP contribution in [0.3, 0.4) is 0 Å². The molecule has 0 saturated carbocycles. The number of rotatable bonds is 6. The quantitative estimate of drug-likeness (QED) is 0.851. The summed E-state index contributed by atoms with van der Waals surface area (Å²) in [5, 5.41) is 8.58. The second-order valence-electron chi connectivity index (χ2n) is 3.83. The van der Waals surface area contributed by atoms with Crippen LogP contribution in [0.2, 0.25) is 5.02 Å². The van der Waals surface area contributed by atoms with Crippen LogP contribution in [-0.4, -0.2) is 34.9 Å². The molecule has 0 spiro atoms. The molecule has 0 bridgehead atoms. The molecule has 0 aromatic carbocycles. The molecule has 3 nitrogen and oxygen atoms in total. The third kappa shape index (κ3) is 3.15. The molecule has 0 radical (unpaired) electrons. The van der Waals surface area contributed by atoms with Crippen molar-refractivity contribution < 1.29 is 0 Å². The Balaban J connectivity index is 2.82. The molecule has 1 aromatic rings. The average Bonchev–Trinajstić information content (AvgIpc) is 2.55. The Bertz CT molecular complexity index is 338. The van der Waals surface area contributed by atoms with Gasteiger partial charge in [-0.1, -0.05) is 18.5 Å². The van der Waals surface area contributed by atoms with E-state index in [1.165, 1.54) is 0 Å². The molecule has 1 rings (SSSR count). The van der Waals surface area contributed by atoms with Gasteiger partial charge in [-0.3, -0.25) is 4.68 Å². The molecular weight excluding hydrogens is 242 g/mol. The zero-order valence-electron chi connectivity index (χ0n) is 10.4. The molecule has 1 unspecified atom stereocenters. The molecule has 0 aliphatic rings. The van der Waals surface area contributed by atoms with Gasteiger partial charge in [0.2, 0.25) is 0 Å². The Kier molecular flexibility index (Phi) is 5.66. The summed E-state index contributed by atoms with van der Waals surface area (Å²) in [7, 11) is 3.96. The lowest BCUT2D eigenvalue weighted by Gasteiger charge is -2.15. The molecule has 1 N–H and O–H groups in total. The van der Waals surface area contributed by atoms with Gasteiger partial charge < -0.3 is 5.32 Å². The highest BCUT2D eigenvalue weighted by atomic mass is 35.5. The van der Waals surface area contributed by atoms with Crippen molar-refractivity contribution in [3.8, 4) is 0 Å². The van der Waals surface area contributed by atoms with Crippen LogP contribution >= 0.6 is 23.4 Å². The van der Waals surface area contributed by atoms with E-state index in [0.717, 1.165) is 35.0 Å². The Labute approximate surface area is 107 Å². The highest BCUT2D eigenvalue weighted by Gasteiger charge is 2.16. The van der Waals surface area contributed by atoms with E-state index in [2.05, 4.69) is 23.6 Å². The monoisotopic (exact) mass is 261 g/mol. The molecule has 0 aliphatic carbocycles. The number of nitrogens with zero attached hydrogens (tertiary/aromatic N) is 2. The SMILES string of the molecule is CCc1nn(C)c(CC(CSC)NC)c1Cl. The zero-order chi connectivity index (χ0) is 12.1. The van der Waals surface area contributed by atoms with Crippen LogP contribution in [-0.2, 0) is 19.9 Å². The van der Waals surface area contributed by atoms with Gasteiger partial charge in [0, 0.05) is 25.3 Å². The Morgan fingerprint density at radius 1 is 1.56 bits per heavy atom. The summed E-state index contributed by atoms with van der Waals surface area (Å²) in [6.45, 7) is 2.08. The fourth-order valence-electron chi connectivity index (χ4n) is 1.72. The van der Waals surface area contributed by atoms with Gasteiger partial charge in [-0.25, -0.2) is 0 Å². The van der Waals surface area contributed by atoms with Crippen molar-refractivity contribution in [3.05, 3.63) is 16.4 Å². The predicted octanol–water partition coefficient (Wildman–Crippen LogP) is 2.13. The van der Waals surface area contributed by atoms with E-state index in [1.807, 2.05) is 30.5 Å². The summed E-state index contributed by atoms with van der Waals surface area (Å²) in [6, 6.07) is 0.451. The molecular formula is C11H20ClN3S. The lowest BCUT2D eigenvalue weighted by Crippen LogP contribution is -2.30. The van der Waals surface area contributed by atoms with Crippen molar-refractivity contribution >= 4 is 23.4 Å². The first-order valence-electron chi connectivity index (χ1n) is 5.50. The third-order valence-electron chi connectivity index (χ3n) is 2.72. The normalized spacial score (nSPS) is 13.1. The van der Waals surface area contributed by atoms with Gasteiger partial charge in [0.15, 0.2) is 0 Å². The average molecular weight is 262 g/mol. The molecule has 0 amide bonds. The second kappa shape index (κ2) is 6.52. The Hall–Kier alpha value is -0.190. The first-order chi connectivity index (χ1) is 7.63. The number of aromatic nitrogens is 2. The Morgan fingerprint density at radius 2 is 2.25 bits per heavy atom. The van der Waals surface area contributed by atoms with Crippen LogP contribution in [0.15, 0.2) is 0 Å². The number of aryl methyl sites for hydroxylation is 2. The highest BCUT2D eigenvalue weighted by Crippen LogP contribution is 2.22. The largest absolute Gasteiger partial charge is 0.316 e. The highest BCUT2D eigenvalue weighted by molar-refractivity contribution is 7.98. The minimum atomic E-state index is 0.451. The molecule has 1 aromatic heterocycles. The fraction of sp³-hybridized carbons (Fsp3) is 0.727. The van der Waals surface area contributed by atoms with Crippen LogP contribution in [0.5, 0.6) is 0 Å². The maximum atomic E-state index is 6.31.